The van der Waals surface area contributed by atoms with Gasteiger partial charge >= 0.3 is 0 Å². The lowest BCUT2D eigenvalue weighted by Gasteiger charge is -2.50. The molecule has 2 aliphatic carbocycles. The molecule has 3 fully saturated rings. The highest BCUT2D eigenvalue weighted by molar-refractivity contribution is 14.1. The topological polar surface area (TPSA) is 104 Å². The molecule has 2 saturated heterocycles. The Morgan fingerprint density at radius 3 is 2.41 bits per heavy atom. The lowest BCUT2D eigenvalue weighted by molar-refractivity contribution is -0.138. The third-order valence-corrected chi connectivity index (χ3v) is 11.0. The average molecular weight is 723 g/mol. The number of phenolic OH excluding ortho intramolecular Hbond substituents is 1. The predicted octanol–water partition coefficient (Wildman–Crippen LogP) is 5.45. The number of fused-ring (bicyclic) bond motifs is 4. The van der Waals surface area contributed by atoms with E-state index in [1.807, 2.05) is 65.1 Å². The first-order chi connectivity index (χ1) is 21.1. The molecule has 0 aromatic heterocycles. The molecule has 44 heavy (non-hydrogen) atoms. The van der Waals surface area contributed by atoms with E-state index in [-0.39, 0.29) is 41.5 Å². The van der Waals surface area contributed by atoms with Crippen molar-refractivity contribution in [2.75, 3.05) is 19.1 Å². The number of benzene rings is 3. The van der Waals surface area contributed by atoms with Crippen molar-refractivity contribution in [2.24, 2.45) is 23.7 Å². The Balaban J connectivity index is 1.54. The molecule has 6 atom stereocenters. The zero-order chi connectivity index (χ0) is 31.1. The quantitative estimate of drug-likeness (QED) is 0.218. The Morgan fingerprint density at radius 2 is 1.70 bits per heavy atom. The maximum atomic E-state index is 15.2. The molecule has 0 spiro atoms. The van der Waals surface area contributed by atoms with Gasteiger partial charge in [-0.25, -0.2) is 4.90 Å². The fraction of sp³-hybridized carbons (Fsp3) is 0.294. The number of hydrogen-bond acceptors (Lipinski definition) is 6. The van der Waals surface area contributed by atoms with Gasteiger partial charge in [0.2, 0.25) is 23.6 Å². The van der Waals surface area contributed by atoms with Crippen LogP contribution in [0, 0.1) is 27.2 Å². The van der Waals surface area contributed by atoms with Gasteiger partial charge in [0.25, 0.3) is 0 Å². The molecule has 2 aliphatic heterocycles. The van der Waals surface area contributed by atoms with Gasteiger partial charge in [0.15, 0.2) is 11.5 Å². The fourth-order valence-electron chi connectivity index (χ4n) is 8.19. The number of aromatic hydroxyl groups is 1. The van der Waals surface area contributed by atoms with Crippen LogP contribution in [0.4, 0.5) is 5.69 Å². The molecule has 0 radical (unpaired) electrons. The third kappa shape index (κ3) is 3.87. The molecule has 4 amide bonds. The van der Waals surface area contributed by atoms with Crippen LogP contribution in [0.15, 0.2) is 78.4 Å². The minimum Gasteiger partial charge on any atom is -0.504 e. The summed E-state index contributed by atoms with van der Waals surface area (Å²) in [6.45, 7) is 0. The predicted molar refractivity (Wildman–Crippen MR) is 171 cm³/mol. The minimum atomic E-state index is -1.39. The molecular formula is C34H28ClIN2O6. The van der Waals surface area contributed by atoms with E-state index in [0.717, 1.165) is 5.57 Å². The van der Waals surface area contributed by atoms with Gasteiger partial charge in [-0.2, -0.15) is 0 Å². The van der Waals surface area contributed by atoms with Crippen LogP contribution in [0.2, 0.25) is 5.02 Å². The van der Waals surface area contributed by atoms with Gasteiger partial charge in [0.1, 0.15) is 0 Å². The SMILES string of the molecule is COc1cc([C@H]2C3=CC[C@@H]4C(=O)N(C)C(=O)[C@@H]4[C@@H]3C[C@H]3C(=O)N(c4cccc(Cl)c4)C(=O)[C@@]23c2ccccc2)cc(I)c1O. The van der Waals surface area contributed by atoms with Crippen molar-refractivity contribution in [3.8, 4) is 11.5 Å². The number of rotatable bonds is 4. The Labute approximate surface area is 272 Å². The van der Waals surface area contributed by atoms with Crippen LogP contribution in [0.5, 0.6) is 11.5 Å². The molecule has 4 aliphatic rings. The van der Waals surface area contributed by atoms with Crippen molar-refractivity contribution >= 4 is 63.5 Å². The first kappa shape index (κ1) is 29.0. The normalized spacial score (nSPS) is 29.4. The highest BCUT2D eigenvalue weighted by atomic mass is 127. The van der Waals surface area contributed by atoms with Crippen LogP contribution < -0.4 is 9.64 Å². The van der Waals surface area contributed by atoms with E-state index in [0.29, 0.717) is 31.8 Å². The van der Waals surface area contributed by atoms with E-state index >= 15 is 4.79 Å². The maximum Gasteiger partial charge on any atom is 0.246 e. The van der Waals surface area contributed by atoms with Crippen molar-refractivity contribution in [3.05, 3.63) is 98.1 Å². The summed E-state index contributed by atoms with van der Waals surface area (Å²) < 4.78 is 6.07. The molecule has 8 nitrogen and oxygen atoms in total. The number of halogens is 2. The van der Waals surface area contributed by atoms with Crippen LogP contribution in [0.25, 0.3) is 0 Å². The van der Waals surface area contributed by atoms with E-state index in [9.17, 15) is 19.5 Å². The zero-order valence-corrected chi connectivity index (χ0v) is 26.8. The van der Waals surface area contributed by atoms with Crippen molar-refractivity contribution in [2.45, 2.75) is 24.2 Å². The fourth-order valence-corrected chi connectivity index (χ4v) is 9.00. The van der Waals surface area contributed by atoms with Crippen molar-refractivity contribution in [1.29, 1.82) is 0 Å². The largest absolute Gasteiger partial charge is 0.504 e. The van der Waals surface area contributed by atoms with Crippen molar-refractivity contribution < 1.29 is 29.0 Å². The standard InChI is InChI=1S/C34H28ClIN2O6/c1-37-30(40)22-12-11-21-23(27(22)32(37)42)16-24-31(41)38(20-10-6-9-19(35)15-20)33(43)34(24,18-7-4-3-5-8-18)28(21)17-13-25(36)29(39)26(14-17)44-2/h3-11,13-15,22-24,27-28,39H,12,16H2,1-2H3/t22-,23+,24-,27-,28-,34+/m0/s1. The molecule has 0 unspecified atom stereocenters. The number of imide groups is 2. The maximum absolute atomic E-state index is 15.2. The van der Waals surface area contributed by atoms with Crippen LogP contribution in [-0.2, 0) is 24.6 Å². The number of carbonyl (C=O) groups is 4. The molecule has 1 saturated carbocycles. The monoisotopic (exact) mass is 722 g/mol. The van der Waals surface area contributed by atoms with Crippen molar-refractivity contribution in [1.82, 2.24) is 4.90 Å². The summed E-state index contributed by atoms with van der Waals surface area (Å²) in [5.74, 6) is -4.20. The van der Waals surface area contributed by atoms with E-state index in [1.54, 1.807) is 30.3 Å². The number of carbonyl (C=O) groups excluding carboxylic acids is 4. The number of anilines is 1. The third-order valence-electron chi connectivity index (χ3n) is 9.99. The average Bonchev–Trinajstić information content (AvgIpc) is 3.39. The second-order valence-electron chi connectivity index (χ2n) is 11.9. The van der Waals surface area contributed by atoms with Crippen LogP contribution >= 0.6 is 34.2 Å². The van der Waals surface area contributed by atoms with Gasteiger partial charge in [-0.1, -0.05) is 59.6 Å². The number of allylic oxidation sites excluding steroid dienone is 2. The molecule has 7 rings (SSSR count). The van der Waals surface area contributed by atoms with Crippen LogP contribution in [-0.4, -0.2) is 47.8 Å². The Kier molecular flexibility index (Phi) is 6.89. The van der Waals surface area contributed by atoms with Gasteiger partial charge in [-0.15, -0.1) is 0 Å². The molecule has 224 valence electrons. The number of amides is 4. The Morgan fingerprint density at radius 1 is 0.955 bits per heavy atom. The van der Waals surface area contributed by atoms with E-state index < -0.39 is 35.0 Å². The number of phenols is 1. The van der Waals surface area contributed by atoms with E-state index in [4.69, 9.17) is 16.3 Å². The zero-order valence-electron chi connectivity index (χ0n) is 23.9. The summed E-state index contributed by atoms with van der Waals surface area (Å²) in [5, 5.41) is 11.2. The lowest BCUT2D eigenvalue weighted by Crippen LogP contribution is -2.53. The Hall–Kier alpha value is -3.70. The van der Waals surface area contributed by atoms with E-state index in [1.165, 1.54) is 24.0 Å². The number of nitrogens with zero attached hydrogens (tertiary/aromatic N) is 2. The second kappa shape index (κ2) is 10.4. The summed E-state index contributed by atoms with van der Waals surface area (Å²) in [6.07, 6.45) is 2.58. The molecule has 3 aromatic rings. The van der Waals surface area contributed by atoms with Crippen LogP contribution in [0.1, 0.15) is 29.9 Å². The second-order valence-corrected chi connectivity index (χ2v) is 13.5. The molecule has 1 N–H and O–H groups in total. The molecular weight excluding hydrogens is 695 g/mol. The summed E-state index contributed by atoms with van der Waals surface area (Å²) in [5.41, 5.74) is 1.17. The minimum absolute atomic E-state index is 0.0280. The van der Waals surface area contributed by atoms with Gasteiger partial charge in [-0.05, 0) is 82.8 Å². The molecule has 0 bridgehead atoms. The summed E-state index contributed by atoms with van der Waals surface area (Å²) >= 11 is 8.38. The molecule has 10 heteroatoms. The Bertz CT molecular complexity index is 1790. The number of ether oxygens (including phenoxy) is 1. The molecule has 3 aromatic carbocycles. The first-order valence-corrected chi connectivity index (χ1v) is 15.8. The number of methoxy groups -OCH3 is 1. The van der Waals surface area contributed by atoms with Gasteiger partial charge in [0.05, 0.1) is 39.5 Å². The highest BCUT2D eigenvalue weighted by Crippen LogP contribution is 2.64. The molecule has 2 heterocycles. The lowest BCUT2D eigenvalue weighted by atomic mass is 9.49. The number of likely N-dealkylation sites (tertiary alicyclic amines) is 1. The first-order valence-electron chi connectivity index (χ1n) is 14.4. The highest BCUT2D eigenvalue weighted by Gasteiger charge is 2.70. The van der Waals surface area contributed by atoms with Gasteiger partial charge in [0, 0.05) is 18.0 Å². The van der Waals surface area contributed by atoms with Crippen LogP contribution in [0.3, 0.4) is 0 Å². The van der Waals surface area contributed by atoms with Gasteiger partial charge in [-0.3, -0.25) is 24.1 Å². The van der Waals surface area contributed by atoms with Crippen molar-refractivity contribution in [3.63, 3.8) is 0 Å². The summed E-state index contributed by atoms with van der Waals surface area (Å²) in [7, 11) is 2.97. The smallest absolute Gasteiger partial charge is 0.246 e. The summed E-state index contributed by atoms with van der Waals surface area (Å²) in [4.78, 5) is 59.0. The van der Waals surface area contributed by atoms with E-state index in [2.05, 4.69) is 0 Å². The van der Waals surface area contributed by atoms with Gasteiger partial charge < -0.3 is 9.84 Å². The number of hydrogen-bond donors (Lipinski definition) is 1. The summed E-state index contributed by atoms with van der Waals surface area (Å²) in [6, 6.07) is 19.5.